The largest absolute Gasteiger partial charge is 0.0990 e. The van der Waals surface area contributed by atoms with E-state index in [9.17, 15) is 0 Å². The highest BCUT2D eigenvalue weighted by Crippen LogP contribution is 2.06. The van der Waals surface area contributed by atoms with Crippen molar-refractivity contribution in [3.05, 3.63) is 51.9 Å². The molecule has 1 rings (SSSR count). The predicted octanol–water partition coefficient (Wildman–Crippen LogP) is 3.10. The summed E-state index contributed by atoms with van der Waals surface area (Å²) in [5, 5.41) is 2.30. The van der Waals surface area contributed by atoms with E-state index in [1.54, 1.807) is 0 Å². The van der Waals surface area contributed by atoms with Gasteiger partial charge in [0.25, 0.3) is 0 Å². The Morgan fingerprint density at radius 2 is 2.00 bits per heavy atom. The highest BCUT2D eigenvalue weighted by Gasteiger charge is 1.99. The lowest BCUT2D eigenvalue weighted by Gasteiger charge is -2.05. The Hall–Kier alpha value is -1.56. The van der Waals surface area contributed by atoms with Crippen LogP contribution in [-0.2, 0) is 0 Å². The first-order valence-corrected chi connectivity index (χ1v) is 5.70. The molecule has 0 spiro atoms. The minimum atomic E-state index is 1.06. The highest BCUT2D eigenvalue weighted by atomic mass is 14.0. The molecule has 0 atom stereocenters. The SMILES string of the molecule is C=C/C=c1/c(C)cc(/C=C\CC)c(C)c1=C. The standard InChI is InChI=1S/C16H20/c1-6-8-10-15-11-12(3)16(9-7-2)14(5)13(15)4/h7-11H,2,5-6H2,1,3-4H3/b10-8-,16-9-. The fourth-order valence-electron chi connectivity index (χ4n) is 1.80. The molecule has 0 aliphatic heterocycles. The second kappa shape index (κ2) is 5.50. The average molecular weight is 212 g/mol. The van der Waals surface area contributed by atoms with E-state index in [-0.39, 0.29) is 0 Å². The number of benzene rings is 1. The molecule has 84 valence electrons. The third-order valence-electron chi connectivity index (χ3n) is 2.83. The Morgan fingerprint density at radius 3 is 2.56 bits per heavy atom. The van der Waals surface area contributed by atoms with Gasteiger partial charge in [0.2, 0.25) is 0 Å². The third kappa shape index (κ3) is 2.52. The summed E-state index contributed by atoms with van der Waals surface area (Å²) in [6.07, 6.45) is 9.26. The summed E-state index contributed by atoms with van der Waals surface area (Å²) in [7, 11) is 0. The van der Waals surface area contributed by atoms with Crippen LogP contribution < -0.4 is 10.4 Å². The summed E-state index contributed by atoms with van der Waals surface area (Å²) >= 11 is 0. The maximum Gasteiger partial charge on any atom is -0.0158 e. The fraction of sp³-hybridized carbons (Fsp3) is 0.250. The first kappa shape index (κ1) is 12.5. The number of rotatable bonds is 3. The fourth-order valence-corrected chi connectivity index (χ4v) is 1.80. The molecule has 0 amide bonds. The predicted molar refractivity (Wildman–Crippen MR) is 74.7 cm³/mol. The molecule has 0 heteroatoms. The van der Waals surface area contributed by atoms with Crippen molar-refractivity contribution >= 4 is 18.7 Å². The molecule has 0 radical (unpaired) electrons. The lowest BCUT2D eigenvalue weighted by molar-refractivity contribution is 1.23. The van der Waals surface area contributed by atoms with Crippen molar-refractivity contribution in [3.63, 3.8) is 0 Å². The lowest BCUT2D eigenvalue weighted by Crippen LogP contribution is -2.29. The molecular formula is C16H20. The van der Waals surface area contributed by atoms with Crippen LogP contribution in [0, 0.1) is 13.8 Å². The van der Waals surface area contributed by atoms with E-state index in [2.05, 4.69) is 52.1 Å². The summed E-state index contributed by atoms with van der Waals surface area (Å²) in [5.41, 5.74) is 3.78. The number of aryl methyl sites for hydroxylation is 1. The zero-order valence-corrected chi connectivity index (χ0v) is 10.5. The molecule has 0 fully saturated rings. The minimum absolute atomic E-state index is 1.06. The van der Waals surface area contributed by atoms with Gasteiger partial charge in [0.05, 0.1) is 0 Å². The van der Waals surface area contributed by atoms with Crippen LogP contribution in [0.25, 0.3) is 18.7 Å². The lowest BCUT2D eigenvalue weighted by atomic mass is 10.00. The van der Waals surface area contributed by atoms with Gasteiger partial charge < -0.3 is 0 Å². The Kier molecular flexibility index (Phi) is 4.30. The summed E-state index contributed by atoms with van der Waals surface area (Å²) in [5.74, 6) is 0. The van der Waals surface area contributed by atoms with Gasteiger partial charge >= 0.3 is 0 Å². The minimum Gasteiger partial charge on any atom is -0.0990 e. The maximum atomic E-state index is 4.16. The van der Waals surface area contributed by atoms with Crippen molar-refractivity contribution in [1.82, 2.24) is 0 Å². The second-order valence-electron chi connectivity index (χ2n) is 4.01. The molecule has 0 bridgehead atoms. The first-order chi connectivity index (χ1) is 7.61. The highest BCUT2D eigenvalue weighted by molar-refractivity contribution is 5.57. The van der Waals surface area contributed by atoms with Crippen LogP contribution in [-0.4, -0.2) is 0 Å². The van der Waals surface area contributed by atoms with Crippen molar-refractivity contribution in [3.8, 4) is 0 Å². The first-order valence-electron chi connectivity index (χ1n) is 5.70. The van der Waals surface area contributed by atoms with E-state index in [0.29, 0.717) is 0 Å². The Bertz CT molecular complexity index is 516. The van der Waals surface area contributed by atoms with Gasteiger partial charge in [0, 0.05) is 0 Å². The molecule has 0 aromatic heterocycles. The monoisotopic (exact) mass is 212 g/mol. The zero-order chi connectivity index (χ0) is 12.1. The Labute approximate surface area is 98.3 Å². The van der Waals surface area contributed by atoms with Crippen LogP contribution in [0.2, 0.25) is 0 Å². The summed E-state index contributed by atoms with van der Waals surface area (Å²) < 4.78 is 0. The molecular weight excluding hydrogens is 192 g/mol. The van der Waals surface area contributed by atoms with Crippen LogP contribution in [0.15, 0.2) is 24.8 Å². The molecule has 0 heterocycles. The van der Waals surface area contributed by atoms with E-state index in [1.807, 2.05) is 12.2 Å². The van der Waals surface area contributed by atoms with Crippen LogP contribution in [0.3, 0.4) is 0 Å². The number of hydrogen-bond acceptors (Lipinski definition) is 0. The third-order valence-corrected chi connectivity index (χ3v) is 2.83. The molecule has 0 unspecified atom stereocenters. The van der Waals surface area contributed by atoms with Gasteiger partial charge in [-0.15, -0.1) is 0 Å². The van der Waals surface area contributed by atoms with E-state index < -0.39 is 0 Å². The molecule has 0 saturated carbocycles. The van der Waals surface area contributed by atoms with Gasteiger partial charge in [-0.1, -0.05) is 50.5 Å². The van der Waals surface area contributed by atoms with Crippen LogP contribution in [0.4, 0.5) is 0 Å². The van der Waals surface area contributed by atoms with E-state index in [0.717, 1.165) is 11.6 Å². The molecule has 1 aromatic rings. The second-order valence-corrected chi connectivity index (χ2v) is 4.01. The van der Waals surface area contributed by atoms with Crippen molar-refractivity contribution in [1.29, 1.82) is 0 Å². The van der Waals surface area contributed by atoms with Crippen molar-refractivity contribution in [2.45, 2.75) is 27.2 Å². The Balaban J connectivity index is 3.52. The average Bonchev–Trinajstić information content (AvgIpc) is 2.27. The maximum absolute atomic E-state index is 4.16. The van der Waals surface area contributed by atoms with Crippen LogP contribution >= 0.6 is 0 Å². The topological polar surface area (TPSA) is 0 Å². The normalized spacial score (nSPS) is 12.3. The number of hydrogen-bond donors (Lipinski definition) is 0. The van der Waals surface area contributed by atoms with Gasteiger partial charge in [-0.2, -0.15) is 0 Å². The van der Waals surface area contributed by atoms with Crippen molar-refractivity contribution in [2.75, 3.05) is 0 Å². The zero-order valence-electron chi connectivity index (χ0n) is 10.5. The van der Waals surface area contributed by atoms with Gasteiger partial charge in [-0.25, -0.2) is 0 Å². The molecule has 0 saturated heterocycles. The number of allylic oxidation sites excluding steroid dienone is 2. The van der Waals surface area contributed by atoms with Crippen molar-refractivity contribution in [2.24, 2.45) is 0 Å². The Morgan fingerprint density at radius 1 is 1.31 bits per heavy atom. The molecule has 1 aromatic carbocycles. The van der Waals surface area contributed by atoms with Gasteiger partial charge in [0.1, 0.15) is 0 Å². The molecule has 16 heavy (non-hydrogen) atoms. The summed E-state index contributed by atoms with van der Waals surface area (Å²) in [4.78, 5) is 0. The molecule has 0 N–H and O–H groups in total. The quantitative estimate of drug-likeness (QED) is 0.722. The van der Waals surface area contributed by atoms with E-state index in [1.165, 1.54) is 21.9 Å². The van der Waals surface area contributed by atoms with Gasteiger partial charge in [0.15, 0.2) is 0 Å². The van der Waals surface area contributed by atoms with Gasteiger partial charge in [-0.3, -0.25) is 0 Å². The van der Waals surface area contributed by atoms with Crippen LogP contribution in [0.1, 0.15) is 30.0 Å². The molecule has 0 aliphatic rings. The van der Waals surface area contributed by atoms with Crippen LogP contribution in [0.5, 0.6) is 0 Å². The molecule has 0 aliphatic carbocycles. The van der Waals surface area contributed by atoms with E-state index >= 15 is 0 Å². The summed E-state index contributed by atoms with van der Waals surface area (Å²) in [6, 6.07) is 2.21. The van der Waals surface area contributed by atoms with Gasteiger partial charge in [-0.05, 0) is 47.4 Å². The van der Waals surface area contributed by atoms with E-state index in [4.69, 9.17) is 0 Å². The smallest absolute Gasteiger partial charge is 0.0158 e. The van der Waals surface area contributed by atoms with Crippen molar-refractivity contribution < 1.29 is 0 Å². The summed E-state index contributed by atoms with van der Waals surface area (Å²) in [6.45, 7) is 14.3. The molecule has 0 nitrogen and oxygen atoms in total.